The molecule has 0 aliphatic carbocycles. The zero-order valence-electron chi connectivity index (χ0n) is 53.5. The van der Waals surface area contributed by atoms with Crippen molar-refractivity contribution in [1.82, 2.24) is 72.1 Å². The number of rotatable bonds is 19. The Morgan fingerprint density at radius 1 is 0.670 bits per heavy atom. The molecule has 28 nitrogen and oxygen atoms in total. The van der Waals surface area contributed by atoms with Gasteiger partial charge in [0.05, 0.1) is 19.0 Å². The summed E-state index contributed by atoms with van der Waals surface area (Å²) in [6.07, 6.45) is 4.55. The molecule has 498 valence electrons. The first-order chi connectivity index (χ1) is 43.2. The normalized spacial score (nSPS) is 25.6. The molecule has 12 amide bonds. The van der Waals surface area contributed by atoms with Crippen LogP contribution >= 0.6 is 0 Å². The molecule has 4 fully saturated rings. The first-order valence-corrected chi connectivity index (χ1v) is 32.0. The zero-order chi connectivity index (χ0) is 66.4. The van der Waals surface area contributed by atoms with Gasteiger partial charge in [-0.05, 0) is 87.0 Å². The van der Waals surface area contributed by atoms with Gasteiger partial charge in [-0.25, -0.2) is 4.98 Å². The Labute approximate surface area is 530 Å². The summed E-state index contributed by atoms with van der Waals surface area (Å²) in [6, 6.07) is -3.32. The van der Waals surface area contributed by atoms with E-state index in [-0.39, 0.29) is 108 Å². The number of carbonyl (C=O) groups excluding carboxylic acids is 12. The van der Waals surface area contributed by atoms with E-state index in [1.807, 2.05) is 41.5 Å². The zero-order valence-corrected chi connectivity index (χ0v) is 53.5. The second-order valence-electron chi connectivity index (χ2n) is 26.2. The molecule has 5 aliphatic heterocycles. The molecule has 11 atom stereocenters. The lowest BCUT2D eigenvalue weighted by atomic mass is 9.99. The molecule has 0 bridgehead atoms. The molecule has 1 aromatic heterocycles. The Bertz CT molecular complexity index is 2990. The number of aromatic amines is 1. The van der Waals surface area contributed by atoms with Gasteiger partial charge in [0.2, 0.25) is 65.0 Å². The fraction of sp³-hybridized carbons (Fsp3) is 0.635. The Hall–Kier alpha value is -8.43. The van der Waals surface area contributed by atoms with Crippen LogP contribution in [0.5, 0.6) is 0 Å². The van der Waals surface area contributed by atoms with Crippen LogP contribution in [-0.4, -0.2) is 205 Å². The van der Waals surface area contributed by atoms with Gasteiger partial charge in [0.25, 0.3) is 5.91 Å². The van der Waals surface area contributed by atoms with Crippen molar-refractivity contribution in [3.63, 3.8) is 0 Å². The van der Waals surface area contributed by atoms with Crippen LogP contribution < -0.4 is 48.3 Å². The number of nitrogens with zero attached hydrogens (tertiary/aromatic N) is 5. The van der Waals surface area contributed by atoms with E-state index in [1.54, 1.807) is 44.2 Å². The number of amides is 12. The van der Waals surface area contributed by atoms with Gasteiger partial charge in [-0.2, -0.15) is 0 Å². The molecule has 28 heteroatoms. The van der Waals surface area contributed by atoms with E-state index in [9.17, 15) is 53.1 Å². The smallest absolute Gasteiger partial charge is 0.272 e. The van der Waals surface area contributed by atoms with Crippen LogP contribution in [0, 0.1) is 23.7 Å². The number of nitrogens with two attached hydrogens (primary N) is 1. The number of H-pyrrole nitrogens is 1. The van der Waals surface area contributed by atoms with Gasteiger partial charge >= 0.3 is 0 Å². The Morgan fingerprint density at radius 3 is 1.93 bits per heavy atom. The van der Waals surface area contributed by atoms with Crippen molar-refractivity contribution in [1.29, 1.82) is 0 Å². The van der Waals surface area contributed by atoms with Gasteiger partial charge in [0.1, 0.15) is 66.1 Å². The fourth-order valence-corrected chi connectivity index (χ4v) is 12.6. The summed E-state index contributed by atoms with van der Waals surface area (Å²) >= 11 is 0. The highest BCUT2D eigenvalue weighted by Gasteiger charge is 2.47. The highest BCUT2D eigenvalue weighted by atomic mass is 16.3. The van der Waals surface area contributed by atoms with Crippen LogP contribution in [0.25, 0.3) is 0 Å². The highest BCUT2D eigenvalue weighted by molar-refractivity contribution is 6.03. The highest BCUT2D eigenvalue weighted by Crippen LogP contribution is 2.28. The number of carbonyl (C=O) groups is 12. The maximum atomic E-state index is 15.4. The largest absolute Gasteiger partial charge is 0.391 e. The third-order valence-electron chi connectivity index (χ3n) is 17.1. The van der Waals surface area contributed by atoms with Gasteiger partial charge < -0.3 is 78.0 Å². The first-order valence-electron chi connectivity index (χ1n) is 32.0. The molecule has 5 aliphatic rings. The lowest BCUT2D eigenvalue weighted by Gasteiger charge is -2.34. The van der Waals surface area contributed by atoms with Gasteiger partial charge in [-0.3, -0.25) is 57.5 Å². The van der Waals surface area contributed by atoms with E-state index >= 15 is 9.59 Å². The molecule has 6 heterocycles. The number of likely N-dealkylation sites (tertiary alicyclic amines) is 1. The van der Waals surface area contributed by atoms with Crippen molar-refractivity contribution >= 4 is 70.9 Å². The average Bonchev–Trinajstić information content (AvgIpc) is 1.82. The predicted octanol–water partition coefficient (Wildman–Crippen LogP) is -1.12. The molecule has 0 spiro atoms. The summed E-state index contributed by atoms with van der Waals surface area (Å²) in [5, 5.41) is 33.4. The number of primary amides is 1. The summed E-state index contributed by atoms with van der Waals surface area (Å²) in [5.41, 5.74) is 5.93. The summed E-state index contributed by atoms with van der Waals surface area (Å²) < 4.78 is 0. The van der Waals surface area contributed by atoms with Crippen LogP contribution in [0.2, 0.25) is 0 Å². The molecule has 0 saturated carbocycles. The van der Waals surface area contributed by atoms with E-state index in [0.29, 0.717) is 24.1 Å². The van der Waals surface area contributed by atoms with Crippen molar-refractivity contribution in [2.75, 3.05) is 32.7 Å². The summed E-state index contributed by atoms with van der Waals surface area (Å²) in [6.45, 7) is 14.0. The van der Waals surface area contributed by atoms with Crippen molar-refractivity contribution in [2.24, 2.45) is 29.4 Å². The van der Waals surface area contributed by atoms with Gasteiger partial charge in [-0.15, -0.1) is 0 Å². The number of hydrogen-bond donors (Lipinski definition) is 11. The molecular formula is C63H93N15O13. The van der Waals surface area contributed by atoms with Crippen LogP contribution in [0.4, 0.5) is 0 Å². The minimum absolute atomic E-state index is 0.0179. The average molecular weight is 1270 g/mol. The van der Waals surface area contributed by atoms with E-state index in [0.717, 1.165) is 6.20 Å². The Morgan fingerprint density at radius 2 is 1.30 bits per heavy atom. The molecule has 7 rings (SSSR count). The molecule has 2 aromatic rings. The minimum Gasteiger partial charge on any atom is -0.391 e. The number of hydrogen-bond acceptors (Lipinski definition) is 15. The number of fused-ring (bicyclic) bond motifs is 3. The summed E-state index contributed by atoms with van der Waals surface area (Å²) in [7, 11) is 0. The standard InChI is InChI=1S/C63H93N15O13/c1-34(2)23-41(54(82)69-43(53(81)67-31-51(64)80)26-38-15-10-9-11-16-38)70-56(84)47-17-12-20-75(47)62(90)46-30-66-44(27-39-29-65-33-68-39)60(88)78-32-40(79)28-50(78)58(86)71-42(24-35(3)4)55(83)72-45(25-36(5)6)61(89)77-22-14-19-49(77)63(91)76-21-13-18-48(76)57(85)74-52(37(7)8)59(87)73-46/h9-11,15-16,29-30,33-37,40-45,47-50,52,66,79H,12-14,17-28,31-32H2,1-8H3,(H2,64,80)(H,65,68)(H,67,81)(H,69,82)(H,70,84)(H,71,86)(H,72,83)(H,73,87)(H,74,85). The fourth-order valence-electron chi connectivity index (χ4n) is 12.6. The van der Waals surface area contributed by atoms with E-state index < -0.39 is 156 Å². The maximum absolute atomic E-state index is 15.4. The third-order valence-corrected chi connectivity index (χ3v) is 17.1. The van der Waals surface area contributed by atoms with Crippen LogP contribution in [0.3, 0.4) is 0 Å². The minimum atomic E-state index is -1.37. The molecule has 11 unspecified atom stereocenters. The lowest BCUT2D eigenvalue weighted by Crippen LogP contribution is -2.60. The van der Waals surface area contributed by atoms with E-state index in [2.05, 4.69) is 52.5 Å². The van der Waals surface area contributed by atoms with Crippen LogP contribution in [0.15, 0.2) is 54.8 Å². The maximum Gasteiger partial charge on any atom is 0.272 e. The van der Waals surface area contributed by atoms with Gasteiger partial charge in [0, 0.05) is 63.5 Å². The van der Waals surface area contributed by atoms with Crippen molar-refractivity contribution in [3.05, 3.63) is 66.0 Å². The van der Waals surface area contributed by atoms with Crippen LogP contribution in [0.1, 0.15) is 131 Å². The molecule has 0 radical (unpaired) electrons. The second kappa shape index (κ2) is 32.0. The quantitative estimate of drug-likeness (QED) is 0.0794. The summed E-state index contributed by atoms with van der Waals surface area (Å²) in [4.78, 5) is 185. The van der Waals surface area contributed by atoms with Crippen LogP contribution in [-0.2, 0) is 70.4 Å². The van der Waals surface area contributed by atoms with Crippen molar-refractivity contribution in [2.45, 2.75) is 199 Å². The Balaban J connectivity index is 1.25. The lowest BCUT2D eigenvalue weighted by molar-refractivity contribution is -0.148. The predicted molar refractivity (Wildman–Crippen MR) is 331 cm³/mol. The van der Waals surface area contributed by atoms with Crippen molar-refractivity contribution < 1.29 is 62.6 Å². The number of nitrogens with one attached hydrogen (secondary N) is 9. The second-order valence-corrected chi connectivity index (χ2v) is 26.2. The molecule has 4 saturated heterocycles. The van der Waals surface area contributed by atoms with Gasteiger partial charge in [-0.1, -0.05) is 85.7 Å². The number of aromatic nitrogens is 2. The van der Waals surface area contributed by atoms with Crippen molar-refractivity contribution in [3.8, 4) is 0 Å². The molecule has 12 N–H and O–H groups in total. The number of benzene rings is 1. The Kier molecular flexibility index (Phi) is 24.7. The molecule has 1 aromatic carbocycles. The van der Waals surface area contributed by atoms with E-state index in [4.69, 9.17) is 5.73 Å². The van der Waals surface area contributed by atoms with E-state index in [1.165, 1.54) is 32.1 Å². The number of aliphatic hydroxyl groups excluding tert-OH is 1. The monoisotopic (exact) mass is 1270 g/mol. The molecular weight excluding hydrogens is 1170 g/mol. The van der Waals surface area contributed by atoms with Gasteiger partial charge in [0.15, 0.2) is 0 Å². The number of aliphatic hydroxyl groups is 1. The first kappa shape index (κ1) is 70.0. The summed E-state index contributed by atoms with van der Waals surface area (Å²) in [5.74, 6) is -9.67. The SMILES string of the molecule is CC(C)CC(NC(=O)C1CCCN1C(=O)C1=CNC(Cc2cnc[nH]2)C(=O)N2CC(O)CC2C(=O)NC(CC(C)C)C(=O)NC(CC(C)C)C(=O)N2CCCC2C(=O)N2CCCC2C(=O)NC(C(C)C)C(=O)N1)C(=O)NC(Cc1ccccc1)C(=O)NCC(N)=O. The number of imidazole rings is 1. The third kappa shape index (κ3) is 18.6. The molecule has 91 heavy (non-hydrogen) atoms. The topological polar surface area (TPSA) is 389 Å².